The van der Waals surface area contributed by atoms with Crippen LogP contribution in [0.25, 0.3) is 0 Å². The summed E-state index contributed by atoms with van der Waals surface area (Å²) in [5.74, 6) is -0.0676. The number of rotatable bonds is 6. The zero-order valence-corrected chi connectivity index (χ0v) is 15.0. The van der Waals surface area contributed by atoms with Gasteiger partial charge in [-0.05, 0) is 24.6 Å². The van der Waals surface area contributed by atoms with E-state index in [0.29, 0.717) is 31.2 Å². The number of benzene rings is 1. The molecule has 6 heteroatoms. The summed E-state index contributed by atoms with van der Waals surface area (Å²) in [6.07, 6.45) is 2.30. The van der Waals surface area contributed by atoms with Gasteiger partial charge >= 0.3 is 5.97 Å². The first kappa shape index (κ1) is 17.7. The number of hydrogen-bond donors (Lipinski definition) is 0. The van der Waals surface area contributed by atoms with Crippen LogP contribution in [0.4, 0.5) is 0 Å². The summed E-state index contributed by atoms with van der Waals surface area (Å²) in [4.78, 5) is 31.3. The van der Waals surface area contributed by atoms with Crippen LogP contribution in [0.15, 0.2) is 48.7 Å². The maximum absolute atomic E-state index is 13.1. The van der Waals surface area contributed by atoms with Crippen LogP contribution in [-0.2, 0) is 20.8 Å². The minimum atomic E-state index is -0.521. The fraction of sp³-hybridized carbons (Fsp3) is 0.381. The van der Waals surface area contributed by atoms with Crippen molar-refractivity contribution in [1.29, 1.82) is 0 Å². The van der Waals surface area contributed by atoms with Crippen molar-refractivity contribution < 1.29 is 19.1 Å². The average Bonchev–Trinajstić information content (AvgIpc) is 3.31. The highest BCUT2D eigenvalue weighted by Gasteiger charge is 2.34. The molecular formula is C21H22N2O4. The number of cyclic esters (lactones) is 1. The monoisotopic (exact) mass is 366 g/mol. The molecule has 6 nitrogen and oxygen atoms in total. The van der Waals surface area contributed by atoms with E-state index in [9.17, 15) is 9.59 Å². The predicted octanol–water partition coefficient (Wildman–Crippen LogP) is 2.75. The first-order valence-corrected chi connectivity index (χ1v) is 9.26. The largest absolute Gasteiger partial charge is 0.453 e. The molecule has 1 aromatic heterocycles. The Morgan fingerprint density at radius 2 is 2.04 bits per heavy atom. The number of amides is 1. The molecule has 0 aliphatic carbocycles. The standard InChI is InChI=1S/C21H22N2O4/c24-20(11-19-17-6-1-2-7-18(17)21(25)27-19)23(12-15-8-10-26-14-15)13-16-5-3-4-9-22-16/h1-7,9,15,19H,8,10-14H2. The van der Waals surface area contributed by atoms with Crippen LogP contribution < -0.4 is 0 Å². The molecule has 2 unspecified atom stereocenters. The number of pyridine rings is 1. The zero-order chi connectivity index (χ0) is 18.6. The SMILES string of the molecule is O=C1OC(CC(=O)N(Cc2ccccn2)CC2CCOC2)c2ccccc21. The summed E-state index contributed by atoms with van der Waals surface area (Å²) in [5, 5.41) is 0. The lowest BCUT2D eigenvalue weighted by atomic mass is 10.0. The van der Waals surface area contributed by atoms with Crippen molar-refractivity contribution in [2.24, 2.45) is 5.92 Å². The van der Waals surface area contributed by atoms with Gasteiger partial charge in [0.15, 0.2) is 0 Å². The second-order valence-electron chi connectivity index (χ2n) is 7.01. The third-order valence-electron chi connectivity index (χ3n) is 5.07. The summed E-state index contributed by atoms with van der Waals surface area (Å²) < 4.78 is 10.9. The molecule has 3 heterocycles. The molecule has 2 aromatic rings. The Morgan fingerprint density at radius 1 is 1.19 bits per heavy atom. The molecule has 0 spiro atoms. The number of aromatic nitrogens is 1. The van der Waals surface area contributed by atoms with E-state index in [1.54, 1.807) is 18.3 Å². The van der Waals surface area contributed by atoms with Gasteiger partial charge in [-0.15, -0.1) is 0 Å². The maximum Gasteiger partial charge on any atom is 0.339 e. The normalized spacial score (nSPS) is 21.0. The Bertz CT molecular complexity index is 818. The molecule has 0 radical (unpaired) electrons. The van der Waals surface area contributed by atoms with Gasteiger partial charge in [-0.25, -0.2) is 4.79 Å². The number of hydrogen-bond acceptors (Lipinski definition) is 5. The van der Waals surface area contributed by atoms with Gasteiger partial charge in [0.1, 0.15) is 6.10 Å². The molecule has 140 valence electrons. The van der Waals surface area contributed by atoms with Crippen molar-refractivity contribution in [1.82, 2.24) is 9.88 Å². The van der Waals surface area contributed by atoms with Gasteiger partial charge in [-0.2, -0.15) is 0 Å². The number of esters is 1. The summed E-state index contributed by atoms with van der Waals surface area (Å²) in [6, 6.07) is 12.9. The summed E-state index contributed by atoms with van der Waals surface area (Å²) >= 11 is 0. The van der Waals surface area contributed by atoms with Gasteiger partial charge in [0.2, 0.25) is 5.91 Å². The van der Waals surface area contributed by atoms with Gasteiger partial charge in [0.25, 0.3) is 0 Å². The van der Waals surface area contributed by atoms with Gasteiger partial charge in [-0.3, -0.25) is 9.78 Å². The molecule has 1 fully saturated rings. The van der Waals surface area contributed by atoms with E-state index in [-0.39, 0.29) is 18.3 Å². The number of nitrogens with zero attached hydrogens (tertiary/aromatic N) is 2. The maximum atomic E-state index is 13.1. The third kappa shape index (κ3) is 4.01. The molecular weight excluding hydrogens is 344 g/mol. The topological polar surface area (TPSA) is 68.7 Å². The van der Waals surface area contributed by atoms with E-state index in [1.807, 2.05) is 35.2 Å². The summed E-state index contributed by atoms with van der Waals surface area (Å²) in [7, 11) is 0. The number of carbonyl (C=O) groups is 2. The summed E-state index contributed by atoms with van der Waals surface area (Å²) in [5.41, 5.74) is 2.18. The van der Waals surface area contributed by atoms with Crippen molar-refractivity contribution >= 4 is 11.9 Å². The van der Waals surface area contributed by atoms with Crippen molar-refractivity contribution in [2.75, 3.05) is 19.8 Å². The van der Waals surface area contributed by atoms with Crippen molar-refractivity contribution in [2.45, 2.75) is 25.5 Å². The van der Waals surface area contributed by atoms with E-state index in [0.717, 1.165) is 24.3 Å². The molecule has 2 aliphatic heterocycles. The first-order chi connectivity index (χ1) is 13.2. The van der Waals surface area contributed by atoms with E-state index < -0.39 is 6.10 Å². The molecule has 0 N–H and O–H groups in total. The van der Waals surface area contributed by atoms with Crippen LogP contribution in [0.1, 0.15) is 40.6 Å². The van der Waals surface area contributed by atoms with E-state index >= 15 is 0 Å². The molecule has 2 aliphatic rings. The molecule has 4 rings (SSSR count). The van der Waals surface area contributed by atoms with Gasteiger partial charge in [-0.1, -0.05) is 24.3 Å². The number of fused-ring (bicyclic) bond motifs is 1. The molecule has 1 amide bonds. The minimum Gasteiger partial charge on any atom is -0.453 e. The number of ether oxygens (including phenoxy) is 2. The highest BCUT2D eigenvalue weighted by molar-refractivity contribution is 5.94. The first-order valence-electron chi connectivity index (χ1n) is 9.26. The third-order valence-corrected chi connectivity index (χ3v) is 5.07. The van der Waals surface area contributed by atoms with Crippen LogP contribution in [0.3, 0.4) is 0 Å². The van der Waals surface area contributed by atoms with Crippen molar-refractivity contribution in [3.8, 4) is 0 Å². The van der Waals surface area contributed by atoms with Crippen LogP contribution >= 0.6 is 0 Å². The smallest absolute Gasteiger partial charge is 0.339 e. The molecule has 27 heavy (non-hydrogen) atoms. The van der Waals surface area contributed by atoms with Crippen LogP contribution in [0.5, 0.6) is 0 Å². The average molecular weight is 366 g/mol. The Kier molecular flexibility index (Phi) is 5.16. The second kappa shape index (κ2) is 7.88. The molecule has 2 atom stereocenters. The molecule has 0 bridgehead atoms. The van der Waals surface area contributed by atoms with E-state index in [1.165, 1.54) is 0 Å². The Hall–Kier alpha value is -2.73. The lowest BCUT2D eigenvalue weighted by Gasteiger charge is -2.26. The Morgan fingerprint density at radius 3 is 2.81 bits per heavy atom. The quantitative estimate of drug-likeness (QED) is 0.736. The fourth-order valence-corrected chi connectivity index (χ4v) is 3.64. The van der Waals surface area contributed by atoms with Gasteiger partial charge in [0, 0.05) is 30.8 Å². The molecule has 1 aromatic carbocycles. The highest BCUT2D eigenvalue weighted by Crippen LogP contribution is 2.33. The Balaban J connectivity index is 1.49. The van der Waals surface area contributed by atoms with Gasteiger partial charge < -0.3 is 14.4 Å². The summed E-state index contributed by atoms with van der Waals surface area (Å²) in [6.45, 7) is 2.48. The number of carbonyl (C=O) groups excluding carboxylic acids is 2. The lowest BCUT2D eigenvalue weighted by Crippen LogP contribution is -2.36. The minimum absolute atomic E-state index is 0.0398. The van der Waals surface area contributed by atoms with Crippen LogP contribution in [0, 0.1) is 5.92 Å². The Labute approximate surface area is 158 Å². The van der Waals surface area contributed by atoms with Crippen LogP contribution in [-0.4, -0.2) is 41.5 Å². The second-order valence-corrected chi connectivity index (χ2v) is 7.01. The fourth-order valence-electron chi connectivity index (χ4n) is 3.64. The van der Waals surface area contributed by atoms with Gasteiger partial charge in [0.05, 0.1) is 30.8 Å². The molecule has 0 saturated carbocycles. The molecule has 1 saturated heterocycles. The van der Waals surface area contributed by atoms with E-state index in [4.69, 9.17) is 9.47 Å². The van der Waals surface area contributed by atoms with E-state index in [2.05, 4.69) is 4.98 Å². The zero-order valence-electron chi connectivity index (χ0n) is 15.0. The predicted molar refractivity (Wildman–Crippen MR) is 97.8 cm³/mol. The highest BCUT2D eigenvalue weighted by atomic mass is 16.5. The lowest BCUT2D eigenvalue weighted by molar-refractivity contribution is -0.134. The van der Waals surface area contributed by atoms with Crippen molar-refractivity contribution in [3.05, 3.63) is 65.5 Å². The van der Waals surface area contributed by atoms with Crippen LogP contribution in [0.2, 0.25) is 0 Å². The van der Waals surface area contributed by atoms with Crippen molar-refractivity contribution in [3.63, 3.8) is 0 Å².